The van der Waals surface area contributed by atoms with Gasteiger partial charge in [0.2, 0.25) is 6.39 Å². The summed E-state index contributed by atoms with van der Waals surface area (Å²) in [7, 11) is 9.53. The summed E-state index contributed by atoms with van der Waals surface area (Å²) in [6, 6.07) is 5.89. The number of aryl methyl sites for hydroxylation is 10. The Hall–Kier alpha value is -7.48. The largest absolute Gasteiger partial charge is 0.357 e. The van der Waals surface area contributed by atoms with Crippen LogP contribution in [0.2, 0.25) is 0 Å². The summed E-state index contributed by atoms with van der Waals surface area (Å²) in [6.07, 6.45) is 23.7. The quantitative estimate of drug-likeness (QED) is 0.148. The molecule has 0 unspecified atom stereocenters. The van der Waals surface area contributed by atoms with E-state index in [1.54, 1.807) is 64.1 Å². The topological polar surface area (TPSA) is 273 Å². The molecule has 10 heterocycles. The number of rotatable bonds is 0. The summed E-state index contributed by atoms with van der Waals surface area (Å²) in [5.41, 5.74) is 3.53. The van der Waals surface area contributed by atoms with Crippen molar-refractivity contribution in [2.24, 2.45) is 35.2 Å². The molecule has 0 amide bonds. The van der Waals surface area contributed by atoms with Crippen LogP contribution >= 0.6 is 23.1 Å². The van der Waals surface area contributed by atoms with Crippen molar-refractivity contribution in [2.75, 3.05) is 0 Å². The van der Waals surface area contributed by atoms with Crippen molar-refractivity contribution in [1.82, 2.24) is 108 Å². The maximum absolute atomic E-state index is 4.35. The molecule has 0 fully saturated rings. The van der Waals surface area contributed by atoms with Crippen molar-refractivity contribution in [3.05, 3.63) is 146 Å². The van der Waals surface area contributed by atoms with E-state index >= 15 is 0 Å². The Kier molecular flexibility index (Phi) is 108. The third kappa shape index (κ3) is 87.2. The zero-order valence-electron chi connectivity index (χ0n) is 55.0. The molecule has 0 aliphatic rings. The summed E-state index contributed by atoms with van der Waals surface area (Å²) in [5.74, 6) is 2.39. The normalized spacial score (nSPS) is 7.38. The van der Waals surface area contributed by atoms with E-state index < -0.39 is 0 Å². The molecule has 0 aliphatic heterocycles. The predicted octanol–water partition coefficient (Wildman–Crippen LogP) is 14.3. The van der Waals surface area contributed by atoms with Gasteiger partial charge in [0.1, 0.15) is 60.8 Å². The van der Waals surface area contributed by atoms with Gasteiger partial charge in [0, 0.05) is 83.1 Å². The molecule has 0 saturated heterocycles. The van der Waals surface area contributed by atoms with E-state index in [2.05, 4.69) is 94.0 Å². The molecular formula is C54H110N22O2S2. The lowest BCUT2D eigenvalue weighted by atomic mass is 10.6. The van der Waals surface area contributed by atoms with Crippen molar-refractivity contribution < 1.29 is 9.05 Å². The minimum absolute atomic E-state index is 0.676. The zero-order chi connectivity index (χ0) is 64.1. The van der Waals surface area contributed by atoms with Crippen LogP contribution in [-0.2, 0) is 35.2 Å². The fourth-order valence-electron chi connectivity index (χ4n) is 2.75. The first-order valence-corrected chi connectivity index (χ1v) is 28.9. The van der Waals surface area contributed by atoms with Gasteiger partial charge in [-0.25, -0.2) is 19.9 Å². The molecule has 1 N–H and O–H groups in total. The van der Waals surface area contributed by atoms with Gasteiger partial charge in [-0.1, -0.05) is 148 Å². The van der Waals surface area contributed by atoms with Crippen LogP contribution in [0.5, 0.6) is 0 Å². The average molecular weight is 1160 g/mol. The molecule has 0 aromatic carbocycles. The van der Waals surface area contributed by atoms with Crippen molar-refractivity contribution in [1.29, 1.82) is 0 Å². The lowest BCUT2D eigenvalue weighted by Crippen LogP contribution is -1.83. The van der Waals surface area contributed by atoms with Crippen LogP contribution in [0.4, 0.5) is 0 Å². The van der Waals surface area contributed by atoms with Gasteiger partial charge < -0.3 is 22.7 Å². The Labute approximate surface area is 492 Å². The van der Waals surface area contributed by atoms with Gasteiger partial charge in [0.05, 0.1) is 12.0 Å². The summed E-state index contributed by atoms with van der Waals surface area (Å²) in [4.78, 5) is 18.7. The summed E-state index contributed by atoms with van der Waals surface area (Å²) in [5, 5.41) is 36.6. The first-order valence-electron chi connectivity index (χ1n) is 27.2. The van der Waals surface area contributed by atoms with Crippen molar-refractivity contribution >= 4 is 23.1 Å². The van der Waals surface area contributed by atoms with E-state index in [-0.39, 0.29) is 0 Å². The highest BCUT2D eigenvalue weighted by Crippen LogP contribution is 1.91. The number of aromatic nitrogens is 22. The maximum atomic E-state index is 4.35. The minimum Gasteiger partial charge on any atom is -0.357 e. The Morgan fingerprint density at radius 2 is 1.05 bits per heavy atom. The molecule has 10 aromatic heterocycles. The van der Waals surface area contributed by atoms with Gasteiger partial charge in [-0.3, -0.25) is 14.5 Å². The molecular weight excluding hydrogens is 1050 g/mol. The van der Waals surface area contributed by atoms with Crippen LogP contribution in [0.25, 0.3) is 0 Å². The fraction of sp³-hybridized carbons (Fsp3) is 0.556. The number of aromatic amines is 1. The van der Waals surface area contributed by atoms with Gasteiger partial charge in [-0.15, -0.1) is 20.4 Å². The lowest BCUT2D eigenvalue weighted by molar-refractivity contribution is 0.392. The van der Waals surface area contributed by atoms with Crippen LogP contribution in [0.1, 0.15) is 167 Å². The second-order valence-electron chi connectivity index (χ2n) is 11.1. The molecule has 10 aromatic rings. The van der Waals surface area contributed by atoms with E-state index in [1.165, 1.54) is 48.4 Å². The van der Waals surface area contributed by atoms with Gasteiger partial charge in [-0.2, -0.15) is 24.7 Å². The number of nitrogens with zero attached hydrogens (tertiary/aromatic N) is 21. The van der Waals surface area contributed by atoms with Crippen molar-refractivity contribution in [2.45, 2.75) is 173 Å². The van der Waals surface area contributed by atoms with E-state index in [4.69, 9.17) is 0 Å². The van der Waals surface area contributed by atoms with Crippen LogP contribution in [-0.4, -0.2) is 108 Å². The number of hydrogen-bond donors (Lipinski definition) is 1. The zero-order valence-corrected chi connectivity index (χ0v) is 56.6. The SMILES string of the molecule is CC.CC.CC.CC.CC.CC.CC.CC.CC.CC.Cc1conn1.Cc1csnn1.Cc1ncn[nH]1.Cc1ncon1.Cc1ncsn1.Cn1cccc1.Cn1cccn1.Cn1ccnc1.Cn1cncn1.Cn1cnnc1. The van der Waals surface area contributed by atoms with Gasteiger partial charge >= 0.3 is 0 Å². The molecule has 0 radical (unpaired) electrons. The number of H-pyrrole nitrogens is 1. The van der Waals surface area contributed by atoms with Gasteiger partial charge in [-0.05, 0) is 75.9 Å². The third-order valence-electron chi connectivity index (χ3n) is 5.51. The molecule has 0 saturated carbocycles. The number of hydrogen-bond acceptors (Lipinski definition) is 20. The molecule has 0 spiro atoms. The third-order valence-corrected chi connectivity index (χ3v) is 6.70. The highest BCUT2D eigenvalue weighted by molar-refractivity contribution is 7.03. The van der Waals surface area contributed by atoms with Crippen molar-refractivity contribution in [3.8, 4) is 0 Å². The molecule has 24 nitrogen and oxygen atoms in total. The van der Waals surface area contributed by atoms with Gasteiger partial charge in [0.25, 0.3) is 0 Å². The molecule has 0 aliphatic carbocycles. The molecule has 0 atom stereocenters. The fourth-order valence-corrected chi connectivity index (χ4v) is 3.62. The average Bonchev–Trinajstić information content (AvgIpc) is 4.32. The Morgan fingerprint density at radius 1 is 0.475 bits per heavy atom. The minimum atomic E-state index is 0.676. The second-order valence-corrected chi connectivity index (χ2v) is 12.3. The van der Waals surface area contributed by atoms with Crippen LogP contribution in [0, 0.1) is 34.6 Å². The predicted molar refractivity (Wildman–Crippen MR) is 336 cm³/mol. The lowest BCUT2D eigenvalue weighted by Gasteiger charge is -1.79. The standard InChI is InChI=1S/C5H7N.2C4H6N2.3C3H5N3.2C3H4N2O.2C3H4N2S.10C2H6/c1-6-4-2-3-5-6;1-6-3-2-5-4-6;1-6-4-2-3-5-6;1-6-2-4-5-3-6;1-6-3-4-2-5-6;1-3-4-2-5-6-3;1-3-4-2-6-5-3;1-3-2-6-5-4-3;1-3-4-2-6-5-3;1-3-2-6-5-4-3;10*1-2/h2-5H,1H3;2*2-4H,1H3;2*2-3H,1H3;2H,1H3,(H,4,5,6);4*2H,1H3;10*1-2H3. The van der Waals surface area contributed by atoms with E-state index in [0.717, 1.165) is 23.0 Å². The molecule has 80 heavy (non-hydrogen) atoms. The first kappa shape index (κ1) is 94.9. The molecule has 0 bridgehead atoms. The first-order chi connectivity index (χ1) is 38.9. The van der Waals surface area contributed by atoms with E-state index in [0.29, 0.717) is 5.82 Å². The van der Waals surface area contributed by atoms with Crippen molar-refractivity contribution in [3.63, 3.8) is 0 Å². The summed E-state index contributed by atoms with van der Waals surface area (Å²) >= 11 is 2.76. The van der Waals surface area contributed by atoms with Gasteiger partial charge in [0.15, 0.2) is 5.82 Å². The molecule has 10 rings (SSSR count). The van der Waals surface area contributed by atoms with Crippen LogP contribution in [0.3, 0.4) is 0 Å². The van der Waals surface area contributed by atoms with Crippen LogP contribution < -0.4 is 0 Å². The monoisotopic (exact) mass is 1160 g/mol. The number of imidazole rings is 1. The highest BCUT2D eigenvalue weighted by atomic mass is 32.1. The Bertz CT molecular complexity index is 1660. The summed E-state index contributed by atoms with van der Waals surface area (Å²) < 4.78 is 25.2. The molecule has 460 valence electrons. The maximum Gasteiger partial charge on any atom is 0.213 e. The summed E-state index contributed by atoms with van der Waals surface area (Å²) in [6.45, 7) is 49.2. The van der Waals surface area contributed by atoms with E-state index in [9.17, 15) is 0 Å². The second kappa shape index (κ2) is 91.0. The molecule has 26 heteroatoms. The Morgan fingerprint density at radius 3 is 1.18 bits per heavy atom. The van der Waals surface area contributed by atoms with E-state index in [1.807, 2.05) is 259 Å². The smallest absolute Gasteiger partial charge is 0.213 e. The van der Waals surface area contributed by atoms with Crippen LogP contribution in [0.15, 0.2) is 126 Å². The Balaban J connectivity index is -0.0000000822. The highest BCUT2D eigenvalue weighted by Gasteiger charge is 1.81. The number of nitrogens with one attached hydrogen (secondary N) is 1.